The zero-order valence-electron chi connectivity index (χ0n) is 16.7. The SMILES string of the molecule is CCCCCn1cnc2sc(C(=O)Nc3cccc(C(=O)OC)c3)c(C)c2c1=O. The van der Waals surface area contributed by atoms with Crippen molar-refractivity contribution in [2.75, 3.05) is 12.4 Å². The van der Waals surface area contributed by atoms with Gasteiger partial charge < -0.3 is 10.1 Å². The lowest BCUT2D eigenvalue weighted by Crippen LogP contribution is -2.20. The third-order valence-electron chi connectivity index (χ3n) is 4.67. The van der Waals surface area contributed by atoms with E-state index in [1.165, 1.54) is 18.4 Å². The average Bonchev–Trinajstić information content (AvgIpc) is 3.06. The lowest BCUT2D eigenvalue weighted by Gasteiger charge is -2.06. The van der Waals surface area contributed by atoms with Crippen molar-refractivity contribution >= 4 is 39.1 Å². The van der Waals surface area contributed by atoms with Gasteiger partial charge in [0.05, 0.1) is 29.3 Å². The van der Waals surface area contributed by atoms with Gasteiger partial charge in [0, 0.05) is 12.2 Å². The minimum absolute atomic E-state index is 0.119. The fourth-order valence-corrected chi connectivity index (χ4v) is 4.13. The number of nitrogens with zero attached hydrogens (tertiary/aromatic N) is 2. The highest BCUT2D eigenvalue weighted by Crippen LogP contribution is 2.27. The molecule has 0 aliphatic carbocycles. The van der Waals surface area contributed by atoms with Crippen molar-refractivity contribution in [3.05, 3.63) is 57.0 Å². The number of thiophene rings is 1. The lowest BCUT2D eigenvalue weighted by molar-refractivity contribution is 0.0600. The number of esters is 1. The van der Waals surface area contributed by atoms with Crippen LogP contribution in [-0.2, 0) is 11.3 Å². The predicted molar refractivity (Wildman–Crippen MR) is 114 cm³/mol. The molecule has 152 valence electrons. The Labute approximate surface area is 172 Å². The summed E-state index contributed by atoms with van der Waals surface area (Å²) < 4.78 is 6.31. The Morgan fingerprint density at radius 1 is 1.28 bits per heavy atom. The number of methoxy groups -OCH3 is 1. The predicted octanol–water partition coefficient (Wildman–Crippen LogP) is 4.00. The van der Waals surface area contributed by atoms with E-state index in [1.54, 1.807) is 42.1 Å². The summed E-state index contributed by atoms with van der Waals surface area (Å²) in [4.78, 5) is 42.7. The third kappa shape index (κ3) is 4.37. The van der Waals surface area contributed by atoms with Gasteiger partial charge in [-0.25, -0.2) is 9.78 Å². The van der Waals surface area contributed by atoms with Crippen LogP contribution >= 0.6 is 11.3 Å². The third-order valence-corrected chi connectivity index (χ3v) is 5.87. The van der Waals surface area contributed by atoms with Gasteiger partial charge in [-0.15, -0.1) is 11.3 Å². The number of carbonyl (C=O) groups is 2. The van der Waals surface area contributed by atoms with Gasteiger partial charge in [-0.1, -0.05) is 25.8 Å². The van der Waals surface area contributed by atoms with Crippen molar-refractivity contribution in [2.45, 2.75) is 39.7 Å². The first-order valence-electron chi connectivity index (χ1n) is 9.44. The van der Waals surface area contributed by atoms with Crippen LogP contribution in [0.1, 0.15) is 51.8 Å². The fourth-order valence-electron chi connectivity index (χ4n) is 3.10. The van der Waals surface area contributed by atoms with E-state index in [-0.39, 0.29) is 11.5 Å². The molecule has 2 aromatic heterocycles. The van der Waals surface area contributed by atoms with Crippen LogP contribution in [0.2, 0.25) is 0 Å². The van der Waals surface area contributed by atoms with Crippen molar-refractivity contribution in [1.29, 1.82) is 0 Å². The molecule has 1 N–H and O–H groups in total. The Morgan fingerprint density at radius 2 is 2.07 bits per heavy atom. The summed E-state index contributed by atoms with van der Waals surface area (Å²) in [5, 5.41) is 3.27. The fraction of sp³-hybridized carbons (Fsp3) is 0.333. The van der Waals surface area contributed by atoms with E-state index >= 15 is 0 Å². The van der Waals surface area contributed by atoms with Crippen molar-refractivity contribution in [2.24, 2.45) is 0 Å². The number of hydrogen-bond acceptors (Lipinski definition) is 6. The molecule has 0 bridgehead atoms. The first-order chi connectivity index (χ1) is 14.0. The van der Waals surface area contributed by atoms with Crippen LogP contribution in [0.25, 0.3) is 10.2 Å². The maximum absolute atomic E-state index is 12.8. The highest BCUT2D eigenvalue weighted by atomic mass is 32.1. The van der Waals surface area contributed by atoms with Gasteiger partial charge in [0.25, 0.3) is 11.5 Å². The molecule has 7 nitrogen and oxygen atoms in total. The van der Waals surface area contributed by atoms with Gasteiger partial charge in [-0.3, -0.25) is 14.2 Å². The number of nitrogens with one attached hydrogen (secondary N) is 1. The quantitative estimate of drug-likeness (QED) is 0.467. The smallest absolute Gasteiger partial charge is 0.337 e. The summed E-state index contributed by atoms with van der Waals surface area (Å²) >= 11 is 1.19. The number of anilines is 1. The van der Waals surface area contributed by atoms with Crippen molar-refractivity contribution in [1.82, 2.24) is 9.55 Å². The molecule has 0 saturated carbocycles. The van der Waals surface area contributed by atoms with E-state index in [0.717, 1.165) is 19.3 Å². The second-order valence-electron chi connectivity index (χ2n) is 6.71. The van der Waals surface area contributed by atoms with Crippen molar-refractivity contribution < 1.29 is 14.3 Å². The molecule has 0 aliphatic heterocycles. The Hall–Kier alpha value is -3.00. The highest BCUT2D eigenvalue weighted by Gasteiger charge is 2.20. The Balaban J connectivity index is 1.89. The second-order valence-corrected chi connectivity index (χ2v) is 7.71. The number of fused-ring (bicyclic) bond motifs is 1. The molecule has 2 heterocycles. The molecular weight excluding hydrogens is 390 g/mol. The molecule has 1 amide bonds. The number of aromatic nitrogens is 2. The average molecular weight is 413 g/mol. The van der Waals surface area contributed by atoms with E-state index in [1.807, 2.05) is 0 Å². The molecule has 0 spiro atoms. The number of unbranched alkanes of at least 4 members (excludes halogenated alkanes) is 2. The van der Waals surface area contributed by atoms with E-state index in [4.69, 9.17) is 4.74 Å². The summed E-state index contributed by atoms with van der Waals surface area (Å²) in [6.45, 7) is 4.49. The maximum atomic E-state index is 12.8. The molecule has 0 atom stereocenters. The number of aryl methyl sites for hydroxylation is 2. The molecule has 8 heteroatoms. The Bertz CT molecular complexity index is 1120. The number of rotatable bonds is 7. The van der Waals surface area contributed by atoms with E-state index in [9.17, 15) is 14.4 Å². The van der Waals surface area contributed by atoms with E-state index < -0.39 is 5.97 Å². The van der Waals surface area contributed by atoms with Crippen molar-refractivity contribution in [3.63, 3.8) is 0 Å². The van der Waals surface area contributed by atoms with Crippen LogP contribution in [0.5, 0.6) is 0 Å². The Kier molecular flexibility index (Phi) is 6.43. The van der Waals surface area contributed by atoms with Gasteiger partial charge in [0.15, 0.2) is 0 Å². The minimum Gasteiger partial charge on any atom is -0.465 e. The summed E-state index contributed by atoms with van der Waals surface area (Å²) in [5.74, 6) is -0.823. The molecule has 0 aliphatic rings. The number of ether oxygens (including phenoxy) is 1. The monoisotopic (exact) mass is 413 g/mol. The van der Waals surface area contributed by atoms with Gasteiger partial charge in [0.1, 0.15) is 4.83 Å². The van der Waals surface area contributed by atoms with Gasteiger partial charge >= 0.3 is 5.97 Å². The number of carbonyl (C=O) groups excluding carboxylic acids is 2. The zero-order valence-corrected chi connectivity index (χ0v) is 17.5. The molecule has 3 aromatic rings. The number of hydrogen-bond donors (Lipinski definition) is 1. The summed E-state index contributed by atoms with van der Waals surface area (Å²) in [7, 11) is 1.30. The van der Waals surface area contributed by atoms with Crippen LogP contribution in [0, 0.1) is 6.92 Å². The highest BCUT2D eigenvalue weighted by molar-refractivity contribution is 7.20. The summed E-state index contributed by atoms with van der Waals surface area (Å²) in [6.07, 6.45) is 4.59. The van der Waals surface area contributed by atoms with Gasteiger partial charge in [0.2, 0.25) is 0 Å². The first kappa shape index (κ1) is 20.7. The molecule has 0 radical (unpaired) electrons. The van der Waals surface area contributed by atoms with Crippen LogP contribution in [0.4, 0.5) is 5.69 Å². The van der Waals surface area contributed by atoms with Crippen molar-refractivity contribution in [3.8, 4) is 0 Å². The molecule has 0 fully saturated rings. The second kappa shape index (κ2) is 9.00. The lowest BCUT2D eigenvalue weighted by atomic mass is 10.2. The normalized spacial score (nSPS) is 10.9. The van der Waals surface area contributed by atoms with Crippen LogP contribution < -0.4 is 10.9 Å². The minimum atomic E-state index is -0.480. The van der Waals surface area contributed by atoms with Crippen LogP contribution in [-0.4, -0.2) is 28.5 Å². The molecule has 29 heavy (non-hydrogen) atoms. The Morgan fingerprint density at radius 3 is 2.79 bits per heavy atom. The van der Waals surface area contributed by atoms with Crippen LogP contribution in [0.15, 0.2) is 35.4 Å². The van der Waals surface area contributed by atoms with E-state index in [2.05, 4.69) is 17.2 Å². The zero-order chi connectivity index (χ0) is 21.0. The molecular formula is C21H23N3O4S. The number of benzene rings is 1. The molecule has 0 saturated heterocycles. The van der Waals surface area contributed by atoms with Crippen LogP contribution in [0.3, 0.4) is 0 Å². The maximum Gasteiger partial charge on any atom is 0.337 e. The standard InChI is InChI=1S/C21H23N3O4S/c1-4-5-6-10-24-12-22-19-16(20(24)26)13(2)17(29-19)18(25)23-15-9-7-8-14(11-15)21(27)28-3/h7-9,11-12H,4-6,10H2,1-3H3,(H,23,25). The first-order valence-corrected chi connectivity index (χ1v) is 10.3. The molecule has 1 aromatic carbocycles. The van der Waals surface area contributed by atoms with Gasteiger partial charge in [-0.05, 0) is 37.1 Å². The number of amides is 1. The molecule has 3 rings (SSSR count). The van der Waals surface area contributed by atoms with Gasteiger partial charge in [-0.2, -0.15) is 0 Å². The van der Waals surface area contributed by atoms with E-state index in [0.29, 0.717) is 38.5 Å². The molecule has 0 unspecified atom stereocenters. The summed E-state index contributed by atoms with van der Waals surface area (Å²) in [5.41, 5.74) is 1.32. The largest absolute Gasteiger partial charge is 0.465 e. The topological polar surface area (TPSA) is 90.3 Å². The summed E-state index contributed by atoms with van der Waals surface area (Å²) in [6, 6.07) is 6.50.